The van der Waals surface area contributed by atoms with Crippen LogP contribution in [0.3, 0.4) is 0 Å². The third-order valence-corrected chi connectivity index (χ3v) is 4.01. The first kappa shape index (κ1) is 12.9. The molecule has 2 atom stereocenters. The van der Waals surface area contributed by atoms with Gasteiger partial charge in [-0.25, -0.2) is 0 Å². The Kier molecular flexibility index (Phi) is 3.30. The quantitative estimate of drug-likeness (QED) is 0.880. The molecule has 4 heteroatoms. The number of nitrogens with one attached hydrogen (secondary N) is 2. The number of fused-ring (bicyclic) bond motifs is 1. The summed E-state index contributed by atoms with van der Waals surface area (Å²) in [7, 11) is 0. The van der Waals surface area contributed by atoms with E-state index < -0.39 is 0 Å². The largest absolute Gasteiger partial charge is 0.350 e. The fraction of sp³-hybridized carbons (Fsp3) is 0.375. The van der Waals surface area contributed by atoms with Crippen LogP contribution in [0, 0.1) is 5.92 Å². The van der Waals surface area contributed by atoms with E-state index in [1.165, 1.54) is 6.07 Å². The molecule has 1 aromatic carbocycles. The SMILES string of the molecule is CC1CCC(NC(=O)c2cc(=O)c3ccccc3[nH]2)C1. The van der Waals surface area contributed by atoms with Gasteiger partial charge in [0, 0.05) is 23.0 Å². The van der Waals surface area contributed by atoms with Gasteiger partial charge in [0.25, 0.3) is 5.91 Å². The molecule has 1 aliphatic carbocycles. The number of carbonyl (C=O) groups is 1. The monoisotopic (exact) mass is 270 g/mol. The van der Waals surface area contributed by atoms with Gasteiger partial charge in [-0.05, 0) is 37.3 Å². The third kappa shape index (κ3) is 2.46. The molecule has 0 bridgehead atoms. The molecule has 2 N–H and O–H groups in total. The minimum Gasteiger partial charge on any atom is -0.350 e. The number of pyridine rings is 1. The number of para-hydroxylation sites is 1. The second-order valence-corrected chi connectivity index (χ2v) is 5.68. The van der Waals surface area contributed by atoms with Crippen LogP contribution in [0.5, 0.6) is 0 Å². The van der Waals surface area contributed by atoms with E-state index in [9.17, 15) is 9.59 Å². The van der Waals surface area contributed by atoms with Gasteiger partial charge in [0.05, 0.1) is 0 Å². The van der Waals surface area contributed by atoms with E-state index >= 15 is 0 Å². The predicted molar refractivity (Wildman–Crippen MR) is 78.8 cm³/mol. The number of benzene rings is 1. The molecule has 1 aromatic heterocycles. The average Bonchev–Trinajstić information content (AvgIpc) is 2.84. The Morgan fingerprint density at radius 3 is 2.85 bits per heavy atom. The zero-order valence-corrected chi connectivity index (χ0v) is 11.5. The van der Waals surface area contributed by atoms with Gasteiger partial charge in [-0.15, -0.1) is 0 Å². The van der Waals surface area contributed by atoms with Gasteiger partial charge < -0.3 is 10.3 Å². The Morgan fingerprint density at radius 1 is 1.30 bits per heavy atom. The maximum absolute atomic E-state index is 12.2. The summed E-state index contributed by atoms with van der Waals surface area (Å²) in [5.41, 5.74) is 0.919. The number of rotatable bonds is 2. The van der Waals surface area contributed by atoms with Crippen LogP contribution in [0.1, 0.15) is 36.7 Å². The van der Waals surface area contributed by atoms with Gasteiger partial charge in [0.1, 0.15) is 5.69 Å². The highest BCUT2D eigenvalue weighted by Crippen LogP contribution is 2.24. The van der Waals surface area contributed by atoms with Gasteiger partial charge in [-0.1, -0.05) is 19.1 Å². The molecule has 0 saturated heterocycles. The van der Waals surface area contributed by atoms with Crippen LogP contribution in [-0.2, 0) is 0 Å². The summed E-state index contributed by atoms with van der Waals surface area (Å²) in [6.07, 6.45) is 3.19. The molecule has 0 aliphatic heterocycles. The molecular formula is C16H18N2O2. The number of amides is 1. The molecule has 0 radical (unpaired) electrons. The molecule has 4 nitrogen and oxygen atoms in total. The number of H-pyrrole nitrogens is 1. The second-order valence-electron chi connectivity index (χ2n) is 5.68. The Morgan fingerprint density at radius 2 is 2.10 bits per heavy atom. The van der Waals surface area contributed by atoms with Crippen LogP contribution >= 0.6 is 0 Å². The smallest absolute Gasteiger partial charge is 0.268 e. The summed E-state index contributed by atoms with van der Waals surface area (Å²) in [6, 6.07) is 8.85. The highest BCUT2D eigenvalue weighted by atomic mass is 16.2. The lowest BCUT2D eigenvalue weighted by molar-refractivity contribution is 0.0932. The van der Waals surface area contributed by atoms with Crippen LogP contribution in [0.2, 0.25) is 0 Å². The fourth-order valence-corrected chi connectivity index (χ4v) is 2.92. The van der Waals surface area contributed by atoms with Crippen molar-refractivity contribution >= 4 is 16.8 Å². The summed E-state index contributed by atoms with van der Waals surface area (Å²) >= 11 is 0. The highest BCUT2D eigenvalue weighted by Gasteiger charge is 2.23. The summed E-state index contributed by atoms with van der Waals surface area (Å²) < 4.78 is 0. The first-order valence-corrected chi connectivity index (χ1v) is 7.06. The molecule has 2 aromatic rings. The first-order valence-electron chi connectivity index (χ1n) is 7.06. The molecular weight excluding hydrogens is 252 g/mol. The van der Waals surface area contributed by atoms with Crippen molar-refractivity contribution in [3.63, 3.8) is 0 Å². The molecule has 0 spiro atoms. The van der Waals surface area contributed by atoms with Crippen LogP contribution in [0.25, 0.3) is 10.9 Å². The van der Waals surface area contributed by atoms with E-state index in [1.807, 2.05) is 18.2 Å². The zero-order valence-electron chi connectivity index (χ0n) is 11.5. The van der Waals surface area contributed by atoms with Crippen molar-refractivity contribution in [2.75, 3.05) is 0 Å². The van der Waals surface area contributed by atoms with Crippen molar-refractivity contribution in [2.45, 2.75) is 32.2 Å². The normalized spacial score (nSPS) is 22.1. The Hall–Kier alpha value is -2.10. The predicted octanol–water partition coefficient (Wildman–Crippen LogP) is 2.45. The molecule has 1 amide bonds. The first-order chi connectivity index (χ1) is 9.63. The molecule has 20 heavy (non-hydrogen) atoms. The lowest BCUT2D eigenvalue weighted by atomic mass is 10.1. The molecule has 1 heterocycles. The zero-order chi connectivity index (χ0) is 14.1. The lowest BCUT2D eigenvalue weighted by Gasteiger charge is -2.12. The molecule has 1 aliphatic rings. The third-order valence-electron chi connectivity index (χ3n) is 4.01. The van der Waals surface area contributed by atoms with E-state index in [-0.39, 0.29) is 17.4 Å². The topological polar surface area (TPSA) is 62.0 Å². The second kappa shape index (κ2) is 5.12. The van der Waals surface area contributed by atoms with Crippen molar-refractivity contribution < 1.29 is 4.79 Å². The van der Waals surface area contributed by atoms with Crippen LogP contribution in [0.4, 0.5) is 0 Å². The van der Waals surface area contributed by atoms with Crippen LogP contribution < -0.4 is 10.7 Å². The Bertz CT molecular complexity index is 705. The molecule has 1 fully saturated rings. The van der Waals surface area contributed by atoms with Crippen LogP contribution in [-0.4, -0.2) is 16.9 Å². The van der Waals surface area contributed by atoms with E-state index in [4.69, 9.17) is 0 Å². The number of hydrogen-bond donors (Lipinski definition) is 2. The van der Waals surface area contributed by atoms with E-state index in [0.29, 0.717) is 22.5 Å². The van der Waals surface area contributed by atoms with Crippen molar-refractivity contribution in [3.8, 4) is 0 Å². The van der Waals surface area contributed by atoms with Gasteiger partial charge in [0.15, 0.2) is 5.43 Å². The van der Waals surface area contributed by atoms with Crippen molar-refractivity contribution in [2.24, 2.45) is 5.92 Å². The number of aromatic nitrogens is 1. The minimum absolute atomic E-state index is 0.121. The van der Waals surface area contributed by atoms with Gasteiger partial charge in [-0.2, -0.15) is 0 Å². The lowest BCUT2D eigenvalue weighted by Crippen LogP contribution is -2.34. The fourth-order valence-electron chi connectivity index (χ4n) is 2.92. The Labute approximate surface area is 117 Å². The highest BCUT2D eigenvalue weighted by molar-refractivity contribution is 5.95. The maximum Gasteiger partial charge on any atom is 0.268 e. The number of hydrogen-bond acceptors (Lipinski definition) is 2. The van der Waals surface area contributed by atoms with E-state index in [2.05, 4.69) is 17.2 Å². The molecule has 2 unspecified atom stereocenters. The van der Waals surface area contributed by atoms with E-state index in [1.54, 1.807) is 6.07 Å². The summed E-state index contributed by atoms with van der Waals surface area (Å²) in [5, 5.41) is 3.62. The molecule has 3 rings (SSSR count). The maximum atomic E-state index is 12.2. The Balaban J connectivity index is 1.86. The van der Waals surface area contributed by atoms with Crippen LogP contribution in [0.15, 0.2) is 35.1 Å². The standard InChI is InChI=1S/C16H18N2O2/c1-10-6-7-11(8-10)17-16(20)14-9-15(19)12-4-2-3-5-13(12)18-14/h2-5,9-11H,6-8H2,1H3,(H,17,20)(H,18,19). The summed E-state index contributed by atoms with van der Waals surface area (Å²) in [6.45, 7) is 2.20. The average molecular weight is 270 g/mol. The summed E-state index contributed by atoms with van der Waals surface area (Å²) in [5.74, 6) is 0.475. The van der Waals surface area contributed by atoms with E-state index in [0.717, 1.165) is 19.3 Å². The molecule has 1 saturated carbocycles. The van der Waals surface area contributed by atoms with Crippen molar-refractivity contribution in [1.29, 1.82) is 0 Å². The minimum atomic E-state index is -0.188. The van der Waals surface area contributed by atoms with Gasteiger partial charge in [0.2, 0.25) is 0 Å². The number of aromatic amines is 1. The molecule has 104 valence electrons. The number of carbonyl (C=O) groups excluding carboxylic acids is 1. The summed E-state index contributed by atoms with van der Waals surface area (Å²) in [4.78, 5) is 27.3. The van der Waals surface area contributed by atoms with Gasteiger partial charge >= 0.3 is 0 Å². The van der Waals surface area contributed by atoms with Crippen molar-refractivity contribution in [1.82, 2.24) is 10.3 Å². The van der Waals surface area contributed by atoms with Gasteiger partial charge in [-0.3, -0.25) is 9.59 Å². The van der Waals surface area contributed by atoms with Crippen molar-refractivity contribution in [3.05, 3.63) is 46.2 Å².